The number of hydrogen-bond acceptors (Lipinski definition) is 6. The van der Waals surface area contributed by atoms with E-state index in [1.165, 1.54) is 48.1 Å². The number of aromatic nitrogens is 4. The van der Waals surface area contributed by atoms with Crippen LogP contribution in [0.25, 0.3) is 104 Å². The zero-order valence-electron chi connectivity index (χ0n) is 34.1. The summed E-state index contributed by atoms with van der Waals surface area (Å²) in [6.45, 7) is 0. The minimum Gasteiger partial charge on any atom is -0.456 e. The number of H-pyrrole nitrogens is 1. The van der Waals surface area contributed by atoms with E-state index in [2.05, 4.69) is 114 Å². The van der Waals surface area contributed by atoms with Gasteiger partial charge in [-0.15, -0.1) is 11.3 Å². The van der Waals surface area contributed by atoms with Crippen molar-refractivity contribution in [3.05, 3.63) is 192 Å². The number of furan rings is 1. The lowest BCUT2D eigenvalue weighted by Crippen LogP contribution is -2.13. The molecule has 63 heavy (non-hydrogen) atoms. The minimum atomic E-state index is 0.601. The number of benzene rings is 7. The molecule has 4 aromatic heterocycles. The van der Waals surface area contributed by atoms with E-state index < -0.39 is 0 Å². The standard InChI is InChI=1S/C56H37N5OS/c1-2-9-36(10-3-1)54-59-55(61-56(60-54)45-13-8-15-48-51(45)44-12-4-6-14-47(44)62-48)37-21-17-33(18-22-37)39-29-40(38-23-25-43-42-11-5-7-16-49(42)63-50(43)32-38)31-41(30-39)46-26-24-34-19-20-35-27-28-57-52(35)53(34)58-46/h1-18,21-23,25,27-32,57H,19-20,24,26H2. The van der Waals surface area contributed by atoms with E-state index in [1.54, 1.807) is 0 Å². The highest BCUT2D eigenvalue weighted by atomic mass is 32.1. The molecular formula is C56H37N5OS. The first-order chi connectivity index (χ1) is 31.2. The summed E-state index contributed by atoms with van der Waals surface area (Å²) >= 11 is 1.86. The fourth-order valence-corrected chi connectivity index (χ4v) is 10.8. The second kappa shape index (κ2) is 14.4. The van der Waals surface area contributed by atoms with Gasteiger partial charge >= 0.3 is 0 Å². The fourth-order valence-electron chi connectivity index (χ4n) is 9.61. The number of aliphatic imine (C=N–C) groups is 1. The molecule has 13 rings (SSSR count). The zero-order valence-corrected chi connectivity index (χ0v) is 34.9. The summed E-state index contributed by atoms with van der Waals surface area (Å²) in [6.07, 6.45) is 6.16. The Hall–Kier alpha value is -7.74. The number of aryl methyl sites for hydroxylation is 1. The lowest BCUT2D eigenvalue weighted by molar-refractivity contribution is 0.669. The Morgan fingerprint density at radius 3 is 2.00 bits per heavy atom. The van der Waals surface area contributed by atoms with Crippen molar-refractivity contribution in [1.82, 2.24) is 19.9 Å². The van der Waals surface area contributed by atoms with Crippen molar-refractivity contribution in [2.75, 3.05) is 0 Å². The van der Waals surface area contributed by atoms with Crippen LogP contribution in [0.1, 0.15) is 36.1 Å². The van der Waals surface area contributed by atoms with Crippen LogP contribution >= 0.6 is 11.3 Å². The number of rotatable bonds is 6. The number of nitrogens with one attached hydrogen (secondary N) is 1. The SMILES string of the molecule is c1ccc(-c2nc(-c3ccc(-c4cc(C5=NC6=C(CC5)CCc5cc[nH]c56)cc(-c5ccc6c(c5)sc5ccccc56)c4)cc3)nc(-c3cccc4oc5ccccc5c34)n2)cc1. The molecule has 0 unspecified atom stereocenters. The van der Waals surface area contributed by atoms with Gasteiger partial charge in [-0.3, -0.25) is 4.99 Å². The molecule has 2 aliphatic rings. The molecule has 0 atom stereocenters. The van der Waals surface area contributed by atoms with Gasteiger partial charge in [0.25, 0.3) is 0 Å². The number of allylic oxidation sites excluding steroid dienone is 1. The summed E-state index contributed by atoms with van der Waals surface area (Å²) in [4.78, 5) is 24.3. The smallest absolute Gasteiger partial charge is 0.164 e. The minimum absolute atomic E-state index is 0.601. The Morgan fingerprint density at radius 1 is 0.460 bits per heavy atom. The summed E-state index contributed by atoms with van der Waals surface area (Å²) in [7, 11) is 0. The normalized spacial score (nSPS) is 13.8. The van der Waals surface area contributed by atoms with Crippen molar-refractivity contribution in [2.24, 2.45) is 4.99 Å². The van der Waals surface area contributed by atoms with Gasteiger partial charge in [0.2, 0.25) is 0 Å². The molecule has 11 aromatic rings. The van der Waals surface area contributed by atoms with Crippen molar-refractivity contribution >= 4 is 64.9 Å². The third-order valence-electron chi connectivity index (χ3n) is 12.8. The summed E-state index contributed by atoms with van der Waals surface area (Å²) in [5, 5.41) is 4.63. The highest BCUT2D eigenvalue weighted by Crippen LogP contribution is 2.41. The van der Waals surface area contributed by atoms with Gasteiger partial charge in [0.05, 0.1) is 11.4 Å². The van der Waals surface area contributed by atoms with Gasteiger partial charge in [0, 0.05) is 59.5 Å². The van der Waals surface area contributed by atoms with E-state index in [4.69, 9.17) is 24.4 Å². The van der Waals surface area contributed by atoms with Crippen molar-refractivity contribution < 1.29 is 4.42 Å². The lowest BCUT2D eigenvalue weighted by Gasteiger charge is -2.24. The first-order valence-electron chi connectivity index (χ1n) is 21.5. The third kappa shape index (κ3) is 6.15. The average molecular weight is 828 g/mol. The fraction of sp³-hybridized carbons (Fsp3) is 0.0714. The Labute approximate surface area is 367 Å². The predicted molar refractivity (Wildman–Crippen MR) is 259 cm³/mol. The molecule has 1 aliphatic carbocycles. The first-order valence-corrected chi connectivity index (χ1v) is 22.3. The molecule has 0 fully saturated rings. The van der Waals surface area contributed by atoms with Crippen LogP contribution in [-0.2, 0) is 6.42 Å². The van der Waals surface area contributed by atoms with Gasteiger partial charge in [-0.2, -0.15) is 0 Å². The van der Waals surface area contributed by atoms with Crippen LogP contribution in [-0.4, -0.2) is 25.6 Å². The number of aromatic amines is 1. The predicted octanol–water partition coefficient (Wildman–Crippen LogP) is 14.7. The number of hydrogen-bond donors (Lipinski definition) is 1. The maximum atomic E-state index is 6.27. The molecule has 0 spiro atoms. The van der Waals surface area contributed by atoms with Gasteiger partial charge in [0.15, 0.2) is 17.5 Å². The second-order valence-electron chi connectivity index (χ2n) is 16.5. The Kier molecular flexibility index (Phi) is 8.24. The first kappa shape index (κ1) is 36.0. The van der Waals surface area contributed by atoms with Crippen molar-refractivity contribution in [3.63, 3.8) is 0 Å². The van der Waals surface area contributed by atoms with Crippen LogP contribution in [0.2, 0.25) is 0 Å². The van der Waals surface area contributed by atoms with Crippen LogP contribution in [0.4, 0.5) is 0 Å². The van der Waals surface area contributed by atoms with Gasteiger partial charge < -0.3 is 9.40 Å². The quantitative estimate of drug-likeness (QED) is 0.181. The highest BCUT2D eigenvalue weighted by Gasteiger charge is 2.25. The molecule has 0 amide bonds. The van der Waals surface area contributed by atoms with Crippen LogP contribution in [0.3, 0.4) is 0 Å². The second-order valence-corrected chi connectivity index (χ2v) is 17.6. The van der Waals surface area contributed by atoms with E-state index in [0.717, 1.165) is 92.4 Å². The van der Waals surface area contributed by atoms with Gasteiger partial charge in [-0.05, 0) is 113 Å². The molecule has 7 aromatic carbocycles. The van der Waals surface area contributed by atoms with Crippen LogP contribution in [0.15, 0.2) is 185 Å². The van der Waals surface area contributed by atoms with E-state index >= 15 is 0 Å². The number of para-hydroxylation sites is 1. The molecule has 6 nitrogen and oxygen atoms in total. The molecule has 5 heterocycles. The molecule has 0 radical (unpaired) electrons. The van der Waals surface area contributed by atoms with Crippen LogP contribution in [0.5, 0.6) is 0 Å². The Bertz CT molecular complexity index is 3680. The molecule has 298 valence electrons. The Balaban J connectivity index is 0.936. The van der Waals surface area contributed by atoms with Gasteiger partial charge in [-0.1, -0.05) is 115 Å². The molecular weight excluding hydrogens is 791 g/mol. The van der Waals surface area contributed by atoms with Crippen molar-refractivity contribution in [1.29, 1.82) is 0 Å². The van der Waals surface area contributed by atoms with Crippen LogP contribution in [0, 0.1) is 0 Å². The van der Waals surface area contributed by atoms with Gasteiger partial charge in [0.1, 0.15) is 11.2 Å². The third-order valence-corrected chi connectivity index (χ3v) is 13.9. The summed E-state index contributed by atoms with van der Waals surface area (Å²) < 4.78 is 8.87. The highest BCUT2D eigenvalue weighted by molar-refractivity contribution is 7.25. The molecule has 0 bridgehead atoms. The molecule has 0 saturated carbocycles. The average Bonchev–Trinajstić information content (AvgIpc) is 4.10. The van der Waals surface area contributed by atoms with E-state index in [1.807, 2.05) is 72.0 Å². The van der Waals surface area contributed by atoms with E-state index in [-0.39, 0.29) is 0 Å². The largest absolute Gasteiger partial charge is 0.456 e. The van der Waals surface area contributed by atoms with Crippen LogP contribution < -0.4 is 0 Å². The molecule has 0 saturated heterocycles. The number of nitrogens with zero attached hydrogens (tertiary/aromatic N) is 4. The monoisotopic (exact) mass is 827 g/mol. The molecule has 1 N–H and O–H groups in total. The summed E-state index contributed by atoms with van der Waals surface area (Å²) in [5.74, 6) is 1.83. The lowest BCUT2D eigenvalue weighted by atomic mass is 9.86. The molecule has 7 heteroatoms. The van der Waals surface area contributed by atoms with Gasteiger partial charge in [-0.25, -0.2) is 15.0 Å². The zero-order chi connectivity index (χ0) is 41.4. The summed E-state index contributed by atoms with van der Waals surface area (Å²) in [6, 6.07) is 57.8. The topological polar surface area (TPSA) is 80.0 Å². The molecule has 1 aliphatic heterocycles. The Morgan fingerprint density at radius 2 is 1.13 bits per heavy atom. The van der Waals surface area contributed by atoms with E-state index in [0.29, 0.717) is 17.5 Å². The number of fused-ring (bicyclic) bond motifs is 8. The number of thiophene rings is 1. The van der Waals surface area contributed by atoms with Crippen molar-refractivity contribution in [3.8, 4) is 56.4 Å². The maximum absolute atomic E-state index is 6.27. The summed E-state index contributed by atoms with van der Waals surface area (Å²) in [5.41, 5.74) is 16.4. The van der Waals surface area contributed by atoms with Crippen molar-refractivity contribution in [2.45, 2.75) is 25.7 Å². The maximum Gasteiger partial charge on any atom is 0.164 e. The van der Waals surface area contributed by atoms with E-state index in [9.17, 15) is 0 Å².